The van der Waals surface area contributed by atoms with Gasteiger partial charge in [0.2, 0.25) is 0 Å². The predicted molar refractivity (Wildman–Crippen MR) is 55.7 cm³/mol. The lowest BCUT2D eigenvalue weighted by atomic mass is 9.81. The topological polar surface area (TPSA) is 17.1 Å². The lowest BCUT2D eigenvalue weighted by molar-refractivity contribution is -0.127. The number of Topliss-reactive ketones (excluding diaryl/α,β-unsaturated/α-hetero) is 1. The fourth-order valence-corrected chi connectivity index (χ4v) is 2.36. The Morgan fingerprint density at radius 1 is 1.31 bits per heavy atom. The maximum absolute atomic E-state index is 11.9. The van der Waals surface area contributed by atoms with Gasteiger partial charge in [0.05, 0.1) is 0 Å². The summed E-state index contributed by atoms with van der Waals surface area (Å²) in [7, 11) is 0. The second kappa shape index (κ2) is 5.41. The summed E-state index contributed by atoms with van der Waals surface area (Å²) in [6, 6.07) is 0. The van der Waals surface area contributed by atoms with E-state index in [9.17, 15) is 4.79 Å². The minimum absolute atomic E-state index is 0.313. The first kappa shape index (κ1) is 10.7. The van der Waals surface area contributed by atoms with E-state index in [4.69, 9.17) is 0 Å². The number of hydrogen-bond acceptors (Lipinski definition) is 1. The first-order chi connectivity index (χ1) is 6.25. The first-order valence-corrected chi connectivity index (χ1v) is 5.79. The summed E-state index contributed by atoms with van der Waals surface area (Å²) in [6.45, 7) is 4.26. The third kappa shape index (κ3) is 3.13. The molecule has 1 aliphatic rings. The molecule has 0 radical (unpaired) electrons. The highest BCUT2D eigenvalue weighted by Gasteiger charge is 2.24. The van der Waals surface area contributed by atoms with Crippen molar-refractivity contribution in [1.29, 1.82) is 0 Å². The molecular formula is C12H22O. The number of carbonyl (C=O) groups excluding carboxylic acids is 1. The zero-order valence-electron chi connectivity index (χ0n) is 9.01. The Hall–Kier alpha value is -0.330. The highest BCUT2D eigenvalue weighted by Crippen LogP contribution is 2.27. The maximum Gasteiger partial charge on any atom is 0.138 e. The van der Waals surface area contributed by atoms with Gasteiger partial charge in [-0.2, -0.15) is 0 Å². The number of rotatable bonds is 4. The van der Waals surface area contributed by atoms with Gasteiger partial charge in [0.15, 0.2) is 0 Å². The summed E-state index contributed by atoms with van der Waals surface area (Å²) in [5.74, 6) is 1.27. The van der Waals surface area contributed by atoms with E-state index in [2.05, 4.69) is 13.8 Å². The quantitative estimate of drug-likeness (QED) is 0.649. The summed E-state index contributed by atoms with van der Waals surface area (Å²) in [6.07, 6.45) is 8.42. The van der Waals surface area contributed by atoms with Gasteiger partial charge in [-0.25, -0.2) is 0 Å². The van der Waals surface area contributed by atoms with Gasteiger partial charge in [-0.3, -0.25) is 4.79 Å². The van der Waals surface area contributed by atoms with Crippen LogP contribution < -0.4 is 0 Å². The molecule has 0 bridgehead atoms. The van der Waals surface area contributed by atoms with Gasteiger partial charge in [-0.05, 0) is 19.3 Å². The summed E-state index contributed by atoms with van der Waals surface area (Å²) >= 11 is 0. The van der Waals surface area contributed by atoms with E-state index in [1.807, 2.05) is 0 Å². The maximum atomic E-state index is 11.9. The molecule has 0 aromatic rings. The molecule has 1 fully saturated rings. The van der Waals surface area contributed by atoms with Crippen LogP contribution in [0.5, 0.6) is 0 Å². The molecule has 1 nitrogen and oxygen atoms in total. The van der Waals surface area contributed by atoms with E-state index in [1.54, 1.807) is 0 Å². The van der Waals surface area contributed by atoms with E-state index >= 15 is 0 Å². The Balaban J connectivity index is 2.36. The Labute approximate surface area is 81.9 Å². The van der Waals surface area contributed by atoms with Crippen LogP contribution in [0.3, 0.4) is 0 Å². The van der Waals surface area contributed by atoms with Crippen molar-refractivity contribution in [2.24, 2.45) is 11.8 Å². The predicted octanol–water partition coefficient (Wildman–Crippen LogP) is 3.57. The lowest BCUT2D eigenvalue weighted by Gasteiger charge is -2.23. The number of ketones is 1. The highest BCUT2D eigenvalue weighted by atomic mass is 16.1. The Morgan fingerprint density at radius 2 is 1.92 bits per heavy atom. The molecule has 1 saturated carbocycles. The standard InChI is InChI=1S/C12H22O/c1-3-7-10(2)12(13)11-8-5-4-6-9-11/h10-11H,3-9H2,1-2H3. The molecule has 1 unspecified atom stereocenters. The average molecular weight is 182 g/mol. The molecule has 1 aliphatic carbocycles. The molecule has 0 aromatic heterocycles. The molecule has 1 rings (SSSR count). The second-order valence-corrected chi connectivity index (χ2v) is 4.43. The Kier molecular flexibility index (Phi) is 4.47. The molecule has 76 valence electrons. The van der Waals surface area contributed by atoms with Crippen LogP contribution in [0.15, 0.2) is 0 Å². The molecule has 0 spiro atoms. The number of carbonyl (C=O) groups is 1. The van der Waals surface area contributed by atoms with Crippen LogP contribution in [-0.2, 0) is 4.79 Å². The average Bonchev–Trinajstić information content (AvgIpc) is 2.18. The Bertz CT molecular complexity index is 157. The molecule has 0 aromatic carbocycles. The van der Waals surface area contributed by atoms with Crippen LogP contribution in [0.4, 0.5) is 0 Å². The van der Waals surface area contributed by atoms with Crippen molar-refractivity contribution >= 4 is 5.78 Å². The summed E-state index contributed by atoms with van der Waals surface area (Å²) in [5, 5.41) is 0. The lowest BCUT2D eigenvalue weighted by Crippen LogP contribution is -2.23. The van der Waals surface area contributed by atoms with Gasteiger partial charge in [0.25, 0.3) is 0 Å². The van der Waals surface area contributed by atoms with Crippen molar-refractivity contribution < 1.29 is 4.79 Å². The first-order valence-electron chi connectivity index (χ1n) is 5.79. The molecule has 0 saturated heterocycles. The van der Waals surface area contributed by atoms with Crippen LogP contribution in [0.2, 0.25) is 0 Å². The van der Waals surface area contributed by atoms with Gasteiger partial charge >= 0.3 is 0 Å². The molecule has 0 amide bonds. The molecule has 1 heteroatoms. The van der Waals surface area contributed by atoms with Crippen LogP contribution >= 0.6 is 0 Å². The van der Waals surface area contributed by atoms with Crippen LogP contribution in [-0.4, -0.2) is 5.78 Å². The largest absolute Gasteiger partial charge is 0.299 e. The molecule has 0 N–H and O–H groups in total. The minimum Gasteiger partial charge on any atom is -0.299 e. The van der Waals surface area contributed by atoms with Crippen molar-refractivity contribution in [3.63, 3.8) is 0 Å². The van der Waals surface area contributed by atoms with Crippen molar-refractivity contribution in [1.82, 2.24) is 0 Å². The monoisotopic (exact) mass is 182 g/mol. The number of hydrogen-bond donors (Lipinski definition) is 0. The summed E-state index contributed by atoms with van der Waals surface area (Å²) < 4.78 is 0. The van der Waals surface area contributed by atoms with E-state index in [1.165, 1.54) is 19.3 Å². The normalized spacial score (nSPS) is 21.4. The van der Waals surface area contributed by atoms with E-state index in [-0.39, 0.29) is 0 Å². The minimum atomic E-state index is 0.313. The van der Waals surface area contributed by atoms with Gasteiger partial charge < -0.3 is 0 Å². The third-order valence-corrected chi connectivity index (χ3v) is 3.21. The van der Waals surface area contributed by atoms with Crippen molar-refractivity contribution in [3.8, 4) is 0 Å². The molecule has 13 heavy (non-hydrogen) atoms. The Morgan fingerprint density at radius 3 is 2.46 bits per heavy atom. The zero-order chi connectivity index (χ0) is 9.68. The highest BCUT2D eigenvalue weighted by molar-refractivity contribution is 5.83. The fraction of sp³-hybridized carbons (Fsp3) is 0.917. The van der Waals surface area contributed by atoms with Crippen LogP contribution in [0.25, 0.3) is 0 Å². The molecule has 0 heterocycles. The molecular weight excluding hydrogens is 160 g/mol. The fourth-order valence-electron chi connectivity index (χ4n) is 2.36. The van der Waals surface area contributed by atoms with Gasteiger partial charge in [0, 0.05) is 11.8 Å². The van der Waals surface area contributed by atoms with E-state index in [0.29, 0.717) is 17.6 Å². The third-order valence-electron chi connectivity index (χ3n) is 3.21. The van der Waals surface area contributed by atoms with E-state index < -0.39 is 0 Å². The summed E-state index contributed by atoms with van der Waals surface area (Å²) in [5.41, 5.74) is 0. The molecule has 1 atom stereocenters. The SMILES string of the molecule is CCCC(C)C(=O)C1CCCCC1. The van der Waals surface area contributed by atoms with Crippen molar-refractivity contribution in [2.45, 2.75) is 58.8 Å². The molecule has 0 aliphatic heterocycles. The van der Waals surface area contributed by atoms with Gasteiger partial charge in [0.1, 0.15) is 5.78 Å². The second-order valence-electron chi connectivity index (χ2n) is 4.43. The van der Waals surface area contributed by atoms with Crippen LogP contribution in [0.1, 0.15) is 58.8 Å². The van der Waals surface area contributed by atoms with Gasteiger partial charge in [-0.1, -0.05) is 39.5 Å². The smallest absolute Gasteiger partial charge is 0.138 e. The van der Waals surface area contributed by atoms with Crippen LogP contribution in [0, 0.1) is 11.8 Å². The van der Waals surface area contributed by atoms with Crippen molar-refractivity contribution in [2.75, 3.05) is 0 Å². The zero-order valence-corrected chi connectivity index (χ0v) is 9.01. The van der Waals surface area contributed by atoms with Gasteiger partial charge in [-0.15, -0.1) is 0 Å². The van der Waals surface area contributed by atoms with E-state index in [0.717, 1.165) is 25.7 Å². The van der Waals surface area contributed by atoms with Crippen molar-refractivity contribution in [3.05, 3.63) is 0 Å². The summed E-state index contributed by atoms with van der Waals surface area (Å²) in [4.78, 5) is 11.9.